The van der Waals surface area contributed by atoms with Crippen LogP contribution in [0.15, 0.2) is 18.2 Å². The van der Waals surface area contributed by atoms with Gasteiger partial charge in [-0.25, -0.2) is 13.6 Å². The second-order valence-electron chi connectivity index (χ2n) is 5.83. The van der Waals surface area contributed by atoms with Gasteiger partial charge in [0.15, 0.2) is 0 Å². The number of aliphatic hydroxyl groups is 1. The molecule has 3 N–H and O–H groups in total. The van der Waals surface area contributed by atoms with Gasteiger partial charge in [-0.15, -0.1) is 0 Å². The largest absolute Gasteiger partial charge is 0.388 e. The van der Waals surface area contributed by atoms with E-state index in [4.69, 9.17) is 0 Å². The van der Waals surface area contributed by atoms with Crippen LogP contribution >= 0.6 is 0 Å². The molecule has 1 aromatic carbocycles. The van der Waals surface area contributed by atoms with E-state index in [1.165, 1.54) is 6.07 Å². The molecule has 0 aliphatic carbocycles. The number of carbonyl (C=O) groups excluding carboxylic acids is 1. The van der Waals surface area contributed by atoms with E-state index in [9.17, 15) is 18.7 Å². The van der Waals surface area contributed by atoms with E-state index in [2.05, 4.69) is 10.6 Å². The molecule has 21 heavy (non-hydrogen) atoms. The zero-order valence-electron chi connectivity index (χ0n) is 12.5. The van der Waals surface area contributed by atoms with Crippen molar-refractivity contribution in [1.82, 2.24) is 5.32 Å². The first-order chi connectivity index (χ1) is 9.71. The summed E-state index contributed by atoms with van der Waals surface area (Å²) in [6, 6.07) is 2.56. The molecule has 0 saturated heterocycles. The third-order valence-corrected chi connectivity index (χ3v) is 3.09. The summed E-state index contributed by atoms with van der Waals surface area (Å²) in [5.74, 6) is -1.26. The Morgan fingerprint density at radius 3 is 2.43 bits per heavy atom. The van der Waals surface area contributed by atoms with Crippen LogP contribution in [0.25, 0.3) is 0 Å². The number of nitrogens with one attached hydrogen (secondary N) is 2. The normalized spacial score (nSPS) is 13.9. The van der Waals surface area contributed by atoms with Gasteiger partial charge in [0, 0.05) is 6.54 Å². The summed E-state index contributed by atoms with van der Waals surface area (Å²) in [5, 5.41) is 14.6. The number of hydrogen-bond donors (Lipinski definition) is 3. The predicted octanol–water partition coefficient (Wildman–Crippen LogP) is 3.27. The first-order valence-electron chi connectivity index (χ1n) is 6.92. The van der Waals surface area contributed by atoms with Crippen molar-refractivity contribution in [2.24, 2.45) is 5.92 Å². The molecule has 0 radical (unpaired) electrons. The Morgan fingerprint density at radius 2 is 1.90 bits per heavy atom. The zero-order chi connectivity index (χ0) is 16.0. The molecule has 118 valence electrons. The van der Waals surface area contributed by atoms with Gasteiger partial charge in [-0.2, -0.15) is 0 Å². The van der Waals surface area contributed by atoms with Crippen LogP contribution in [0.5, 0.6) is 0 Å². The van der Waals surface area contributed by atoms with Crippen molar-refractivity contribution >= 4 is 11.7 Å². The molecule has 0 spiro atoms. The summed E-state index contributed by atoms with van der Waals surface area (Å²) >= 11 is 0. The summed E-state index contributed by atoms with van der Waals surface area (Å²) in [6.45, 7) is 5.69. The van der Waals surface area contributed by atoms with Gasteiger partial charge in [0.05, 0.1) is 5.60 Å². The van der Waals surface area contributed by atoms with E-state index in [1.54, 1.807) is 6.92 Å². The van der Waals surface area contributed by atoms with Crippen molar-refractivity contribution < 1.29 is 18.7 Å². The maximum Gasteiger partial charge on any atom is 0.319 e. The quantitative estimate of drug-likeness (QED) is 0.755. The van der Waals surface area contributed by atoms with Crippen LogP contribution in [0.4, 0.5) is 19.3 Å². The van der Waals surface area contributed by atoms with E-state index < -0.39 is 29.0 Å². The van der Waals surface area contributed by atoms with Crippen LogP contribution in [0.3, 0.4) is 0 Å². The number of rotatable bonds is 6. The van der Waals surface area contributed by atoms with Gasteiger partial charge in [0.2, 0.25) is 0 Å². The summed E-state index contributed by atoms with van der Waals surface area (Å²) < 4.78 is 26.7. The lowest BCUT2D eigenvalue weighted by atomic mass is 9.95. The highest BCUT2D eigenvalue weighted by molar-refractivity contribution is 5.89. The maximum absolute atomic E-state index is 13.4. The zero-order valence-corrected chi connectivity index (χ0v) is 12.5. The van der Waals surface area contributed by atoms with E-state index in [-0.39, 0.29) is 6.54 Å². The van der Waals surface area contributed by atoms with Crippen LogP contribution in [-0.2, 0) is 0 Å². The summed E-state index contributed by atoms with van der Waals surface area (Å²) in [7, 11) is 0. The van der Waals surface area contributed by atoms with Crippen molar-refractivity contribution in [3.63, 3.8) is 0 Å². The number of anilines is 1. The molecule has 1 rings (SSSR count). The van der Waals surface area contributed by atoms with Crippen molar-refractivity contribution in [3.05, 3.63) is 29.8 Å². The van der Waals surface area contributed by atoms with E-state index in [1.807, 2.05) is 13.8 Å². The summed E-state index contributed by atoms with van der Waals surface area (Å²) in [6.07, 6.45) is 1.34. The Bertz CT molecular complexity index is 470. The monoisotopic (exact) mass is 300 g/mol. The Labute approximate surface area is 123 Å². The Hall–Kier alpha value is -1.69. The number of hydrogen-bond acceptors (Lipinski definition) is 2. The second-order valence-corrected chi connectivity index (χ2v) is 5.83. The molecule has 0 bridgehead atoms. The highest BCUT2D eigenvalue weighted by Gasteiger charge is 2.22. The predicted molar refractivity (Wildman–Crippen MR) is 78.1 cm³/mol. The minimum absolute atomic E-state index is 0.00161. The van der Waals surface area contributed by atoms with Gasteiger partial charge < -0.3 is 15.7 Å². The molecule has 0 aromatic heterocycles. The molecule has 0 heterocycles. The fraction of sp³-hybridized carbons (Fsp3) is 0.533. The molecule has 2 amide bonds. The SMILES string of the molecule is CC(C)CCC(C)(O)CNC(=O)Nc1c(F)cccc1F. The van der Waals surface area contributed by atoms with Gasteiger partial charge in [-0.05, 0) is 37.8 Å². The van der Waals surface area contributed by atoms with Crippen LogP contribution in [-0.4, -0.2) is 23.3 Å². The molecule has 4 nitrogen and oxygen atoms in total. The van der Waals surface area contributed by atoms with Gasteiger partial charge in [-0.1, -0.05) is 19.9 Å². The van der Waals surface area contributed by atoms with Gasteiger partial charge >= 0.3 is 6.03 Å². The number of carbonyl (C=O) groups is 1. The number of urea groups is 1. The van der Waals surface area contributed by atoms with Crippen molar-refractivity contribution in [3.8, 4) is 0 Å². The Kier molecular flexibility index (Phi) is 6.08. The molecular weight excluding hydrogens is 278 g/mol. The van der Waals surface area contributed by atoms with Gasteiger partial charge in [0.25, 0.3) is 0 Å². The molecular formula is C15H22F2N2O2. The van der Waals surface area contributed by atoms with E-state index in [0.717, 1.165) is 18.6 Å². The van der Waals surface area contributed by atoms with Crippen molar-refractivity contribution in [1.29, 1.82) is 0 Å². The van der Waals surface area contributed by atoms with Crippen molar-refractivity contribution in [2.45, 2.75) is 39.2 Å². The minimum atomic E-state index is -1.06. The minimum Gasteiger partial charge on any atom is -0.388 e. The highest BCUT2D eigenvalue weighted by Crippen LogP contribution is 2.18. The number of halogens is 2. The van der Waals surface area contributed by atoms with Crippen LogP contribution in [0, 0.1) is 17.6 Å². The maximum atomic E-state index is 13.4. The first kappa shape index (κ1) is 17.4. The van der Waals surface area contributed by atoms with Crippen LogP contribution in [0.1, 0.15) is 33.6 Å². The average molecular weight is 300 g/mol. The number of amides is 2. The molecule has 0 aliphatic heterocycles. The molecule has 0 fully saturated rings. The number of para-hydroxylation sites is 1. The summed E-state index contributed by atoms with van der Waals surface area (Å²) in [4.78, 5) is 11.6. The molecule has 0 saturated carbocycles. The number of benzene rings is 1. The lowest BCUT2D eigenvalue weighted by molar-refractivity contribution is 0.0481. The lowest BCUT2D eigenvalue weighted by Gasteiger charge is -2.24. The average Bonchev–Trinajstić information content (AvgIpc) is 2.39. The first-order valence-corrected chi connectivity index (χ1v) is 6.92. The standard InChI is InChI=1S/C15H22F2N2O2/c1-10(2)7-8-15(3,21)9-18-14(20)19-13-11(16)5-4-6-12(13)17/h4-6,10,21H,7-9H2,1-3H3,(H2,18,19,20). The molecule has 6 heteroatoms. The van der Waals surface area contributed by atoms with E-state index in [0.29, 0.717) is 12.3 Å². The topological polar surface area (TPSA) is 61.4 Å². The molecule has 1 atom stereocenters. The fourth-order valence-corrected chi connectivity index (χ4v) is 1.73. The van der Waals surface area contributed by atoms with Gasteiger partial charge in [-0.3, -0.25) is 0 Å². The lowest BCUT2D eigenvalue weighted by Crippen LogP contribution is -2.42. The smallest absolute Gasteiger partial charge is 0.319 e. The third kappa shape index (κ3) is 6.08. The fourth-order valence-electron chi connectivity index (χ4n) is 1.73. The van der Waals surface area contributed by atoms with Crippen LogP contribution in [0.2, 0.25) is 0 Å². The molecule has 1 unspecified atom stereocenters. The third-order valence-electron chi connectivity index (χ3n) is 3.09. The molecule has 0 aliphatic rings. The highest BCUT2D eigenvalue weighted by atomic mass is 19.1. The van der Waals surface area contributed by atoms with Crippen LogP contribution < -0.4 is 10.6 Å². The Morgan fingerprint density at radius 1 is 1.33 bits per heavy atom. The van der Waals surface area contributed by atoms with Gasteiger partial charge in [0.1, 0.15) is 17.3 Å². The summed E-state index contributed by atoms with van der Waals surface area (Å²) in [5.41, 5.74) is -1.56. The molecule has 1 aromatic rings. The second kappa shape index (κ2) is 7.36. The Balaban J connectivity index is 2.51. The van der Waals surface area contributed by atoms with Crippen molar-refractivity contribution in [2.75, 3.05) is 11.9 Å². The van der Waals surface area contributed by atoms with E-state index >= 15 is 0 Å².